The van der Waals surface area contributed by atoms with Crippen LogP contribution in [0.4, 0.5) is 0 Å². The van der Waals surface area contributed by atoms with E-state index < -0.39 is 0 Å². The number of benzene rings is 2. The minimum Gasteiger partial charge on any atom is -0.497 e. The summed E-state index contributed by atoms with van der Waals surface area (Å²) in [5.41, 5.74) is 2.04. The summed E-state index contributed by atoms with van der Waals surface area (Å²) in [7, 11) is 1.58. The maximum atomic E-state index is 12.4. The zero-order valence-corrected chi connectivity index (χ0v) is 14.6. The van der Waals surface area contributed by atoms with Gasteiger partial charge in [-0.3, -0.25) is 4.79 Å². The van der Waals surface area contributed by atoms with Crippen LogP contribution in [0.15, 0.2) is 53.3 Å². The molecule has 0 radical (unpaired) electrons. The molecule has 1 N–H and O–H groups in total. The molecular formula is C20H13N3O2S. The highest BCUT2D eigenvalue weighted by atomic mass is 32.1. The van der Waals surface area contributed by atoms with Crippen LogP contribution >= 0.6 is 11.3 Å². The summed E-state index contributed by atoms with van der Waals surface area (Å²) < 4.78 is 6.18. The summed E-state index contributed by atoms with van der Waals surface area (Å²) in [6.45, 7) is 0. The number of methoxy groups -OCH3 is 1. The molecule has 4 aromatic rings. The number of nitrogens with zero attached hydrogens (tertiary/aromatic N) is 2. The summed E-state index contributed by atoms with van der Waals surface area (Å²) >= 11 is 1.43. The second kappa shape index (κ2) is 6.47. The van der Waals surface area contributed by atoms with E-state index in [1.165, 1.54) is 11.3 Å². The third-order valence-corrected chi connectivity index (χ3v) is 5.10. The van der Waals surface area contributed by atoms with E-state index in [4.69, 9.17) is 4.74 Å². The van der Waals surface area contributed by atoms with E-state index in [2.05, 4.69) is 16.0 Å². The SMILES string of the molecule is COc1ccc2cc(/C=C(\C#N)c3nc4ccccc4s3)c(=O)[nH]c2c1. The van der Waals surface area contributed by atoms with Crippen molar-refractivity contribution in [1.29, 1.82) is 5.26 Å². The first-order chi connectivity index (χ1) is 12.7. The van der Waals surface area contributed by atoms with Crippen molar-refractivity contribution in [2.24, 2.45) is 0 Å². The Bertz CT molecular complexity index is 1230. The standard InChI is InChI=1S/C20H13N3O2S/c1-25-15-7-6-12-8-13(19(24)22-17(12)10-15)9-14(11-21)20-23-16-4-2-3-5-18(16)26-20/h2-10H,1H3,(H,22,24)/b14-9+. The van der Waals surface area contributed by atoms with Gasteiger partial charge in [0.25, 0.3) is 5.56 Å². The Morgan fingerprint density at radius 1 is 1.27 bits per heavy atom. The Morgan fingerprint density at radius 2 is 2.12 bits per heavy atom. The smallest absolute Gasteiger partial charge is 0.255 e. The van der Waals surface area contributed by atoms with Gasteiger partial charge in [0.2, 0.25) is 0 Å². The molecule has 0 amide bonds. The highest BCUT2D eigenvalue weighted by molar-refractivity contribution is 7.19. The molecule has 2 aromatic heterocycles. The Morgan fingerprint density at radius 3 is 2.88 bits per heavy atom. The van der Waals surface area contributed by atoms with Crippen molar-refractivity contribution in [2.75, 3.05) is 7.11 Å². The van der Waals surface area contributed by atoms with Gasteiger partial charge in [0.05, 0.1) is 28.4 Å². The number of pyridine rings is 1. The highest BCUT2D eigenvalue weighted by Crippen LogP contribution is 2.28. The minimum atomic E-state index is -0.264. The maximum absolute atomic E-state index is 12.4. The molecule has 0 atom stereocenters. The number of para-hydroxylation sites is 1. The zero-order valence-electron chi connectivity index (χ0n) is 13.8. The molecule has 126 valence electrons. The Hall–Kier alpha value is -3.43. The van der Waals surface area contributed by atoms with Gasteiger partial charge in [0, 0.05) is 11.6 Å². The van der Waals surface area contributed by atoms with Crippen LogP contribution in [0.1, 0.15) is 10.6 Å². The Kier molecular flexibility index (Phi) is 3.99. The van der Waals surface area contributed by atoms with Crippen LogP contribution in [-0.4, -0.2) is 17.1 Å². The van der Waals surface area contributed by atoms with Gasteiger partial charge in [-0.1, -0.05) is 12.1 Å². The predicted molar refractivity (Wildman–Crippen MR) is 104 cm³/mol. The molecule has 0 fully saturated rings. The third-order valence-electron chi connectivity index (χ3n) is 4.03. The molecule has 4 rings (SSSR count). The van der Waals surface area contributed by atoms with Crippen molar-refractivity contribution in [3.8, 4) is 11.8 Å². The number of nitrogens with one attached hydrogen (secondary N) is 1. The average molecular weight is 359 g/mol. The van der Waals surface area contributed by atoms with Crippen molar-refractivity contribution in [3.05, 3.63) is 69.5 Å². The van der Waals surface area contributed by atoms with Crippen molar-refractivity contribution >= 4 is 44.1 Å². The van der Waals surface area contributed by atoms with Gasteiger partial charge in [-0.15, -0.1) is 11.3 Å². The lowest BCUT2D eigenvalue weighted by Crippen LogP contribution is -2.09. The molecule has 5 nitrogen and oxygen atoms in total. The van der Waals surface area contributed by atoms with Crippen LogP contribution < -0.4 is 10.3 Å². The van der Waals surface area contributed by atoms with Crippen molar-refractivity contribution in [1.82, 2.24) is 9.97 Å². The van der Waals surface area contributed by atoms with E-state index in [1.807, 2.05) is 36.4 Å². The number of H-pyrrole nitrogens is 1. The number of rotatable bonds is 3. The summed E-state index contributed by atoms with van der Waals surface area (Å²) in [6, 6.07) is 17.1. The molecule has 0 aliphatic heterocycles. The number of aromatic nitrogens is 2. The molecule has 0 aliphatic carbocycles. The molecule has 0 spiro atoms. The number of nitriles is 1. The maximum Gasteiger partial charge on any atom is 0.255 e. The van der Waals surface area contributed by atoms with Crippen molar-refractivity contribution in [3.63, 3.8) is 0 Å². The first-order valence-electron chi connectivity index (χ1n) is 7.87. The molecule has 0 saturated heterocycles. The van der Waals surface area contributed by atoms with Crippen molar-refractivity contribution in [2.45, 2.75) is 0 Å². The Labute approximate surface area is 152 Å². The average Bonchev–Trinajstić information content (AvgIpc) is 3.09. The normalized spacial score (nSPS) is 11.6. The minimum absolute atomic E-state index is 0.264. The molecule has 2 aromatic carbocycles. The fourth-order valence-electron chi connectivity index (χ4n) is 2.72. The molecular weight excluding hydrogens is 346 g/mol. The lowest BCUT2D eigenvalue weighted by Gasteiger charge is -2.03. The molecule has 26 heavy (non-hydrogen) atoms. The molecule has 0 aliphatic rings. The van der Waals surface area contributed by atoms with Gasteiger partial charge in [-0.2, -0.15) is 5.26 Å². The van der Waals surface area contributed by atoms with Crippen LogP contribution in [0, 0.1) is 11.3 Å². The quantitative estimate of drug-likeness (QED) is 0.556. The molecule has 2 heterocycles. The van der Waals surface area contributed by atoms with E-state index in [0.717, 1.165) is 15.6 Å². The van der Waals surface area contributed by atoms with Crippen LogP contribution in [0.25, 0.3) is 32.8 Å². The molecule has 0 saturated carbocycles. The summed E-state index contributed by atoms with van der Waals surface area (Å²) in [6.07, 6.45) is 1.58. The van der Waals surface area contributed by atoms with Gasteiger partial charge < -0.3 is 9.72 Å². The van der Waals surface area contributed by atoms with E-state index in [-0.39, 0.29) is 5.56 Å². The largest absolute Gasteiger partial charge is 0.497 e. The van der Waals surface area contributed by atoms with E-state index >= 15 is 0 Å². The lowest BCUT2D eigenvalue weighted by atomic mass is 10.1. The van der Waals surface area contributed by atoms with Crippen LogP contribution in [-0.2, 0) is 0 Å². The zero-order chi connectivity index (χ0) is 18.1. The summed E-state index contributed by atoms with van der Waals surface area (Å²) in [5.74, 6) is 0.670. The monoisotopic (exact) mass is 359 g/mol. The number of hydrogen-bond acceptors (Lipinski definition) is 5. The van der Waals surface area contributed by atoms with E-state index in [0.29, 0.717) is 27.4 Å². The molecule has 0 unspecified atom stereocenters. The number of aromatic amines is 1. The highest BCUT2D eigenvalue weighted by Gasteiger charge is 2.10. The second-order valence-electron chi connectivity index (χ2n) is 5.66. The van der Waals surface area contributed by atoms with Crippen molar-refractivity contribution < 1.29 is 4.74 Å². The van der Waals surface area contributed by atoms with Crippen LogP contribution in [0.5, 0.6) is 5.75 Å². The van der Waals surface area contributed by atoms with Gasteiger partial charge in [0.1, 0.15) is 16.8 Å². The number of ether oxygens (including phenoxy) is 1. The number of thiazole rings is 1. The fraction of sp³-hybridized carbons (Fsp3) is 0.0500. The molecule has 0 bridgehead atoms. The van der Waals surface area contributed by atoms with E-state index in [9.17, 15) is 10.1 Å². The van der Waals surface area contributed by atoms with Gasteiger partial charge in [-0.05, 0) is 41.8 Å². The number of hydrogen-bond donors (Lipinski definition) is 1. The topological polar surface area (TPSA) is 78.8 Å². The van der Waals surface area contributed by atoms with E-state index in [1.54, 1.807) is 25.3 Å². The Balaban J connectivity index is 1.83. The first kappa shape index (κ1) is 16.1. The van der Waals surface area contributed by atoms with Crippen LogP contribution in [0.3, 0.4) is 0 Å². The molecule has 6 heteroatoms. The second-order valence-corrected chi connectivity index (χ2v) is 6.69. The third kappa shape index (κ3) is 2.85. The number of allylic oxidation sites excluding steroid dienone is 1. The first-order valence-corrected chi connectivity index (χ1v) is 8.68. The van der Waals surface area contributed by atoms with Gasteiger partial charge in [0.15, 0.2) is 0 Å². The van der Waals surface area contributed by atoms with Crippen LogP contribution in [0.2, 0.25) is 0 Å². The van der Waals surface area contributed by atoms with Gasteiger partial charge in [-0.25, -0.2) is 4.98 Å². The number of fused-ring (bicyclic) bond motifs is 2. The summed E-state index contributed by atoms with van der Waals surface area (Å²) in [4.78, 5) is 19.7. The fourth-order valence-corrected chi connectivity index (χ4v) is 3.65. The summed E-state index contributed by atoms with van der Waals surface area (Å²) in [5, 5.41) is 11.0. The lowest BCUT2D eigenvalue weighted by molar-refractivity contribution is 0.415. The predicted octanol–water partition coefficient (Wildman–Crippen LogP) is 4.21. The van der Waals surface area contributed by atoms with Gasteiger partial charge >= 0.3 is 0 Å².